The van der Waals surface area contributed by atoms with Gasteiger partial charge in [0.1, 0.15) is 11.6 Å². The highest BCUT2D eigenvalue weighted by Crippen LogP contribution is 2.27. The summed E-state index contributed by atoms with van der Waals surface area (Å²) in [6.07, 6.45) is 0. The second kappa shape index (κ2) is 5.24. The third kappa shape index (κ3) is 2.82. The molecule has 0 heterocycles. The molecule has 6 heteroatoms. The van der Waals surface area contributed by atoms with Crippen molar-refractivity contribution in [1.29, 1.82) is 0 Å². The minimum Gasteiger partial charge on any atom is -0.478 e. The van der Waals surface area contributed by atoms with E-state index in [-0.39, 0.29) is 22.0 Å². The summed E-state index contributed by atoms with van der Waals surface area (Å²) < 4.78 is 27.2. The van der Waals surface area contributed by atoms with Gasteiger partial charge in [-0.3, -0.25) is 0 Å². The van der Waals surface area contributed by atoms with Crippen LogP contribution in [0.1, 0.15) is 10.4 Å². The Morgan fingerprint density at radius 2 is 1.89 bits per heavy atom. The van der Waals surface area contributed by atoms with Crippen molar-refractivity contribution in [2.75, 3.05) is 5.32 Å². The summed E-state index contributed by atoms with van der Waals surface area (Å²) in [7, 11) is 0. The zero-order valence-corrected chi connectivity index (χ0v) is 10.2. The molecule has 3 nitrogen and oxygen atoms in total. The first-order valence-corrected chi connectivity index (χ1v) is 5.60. The summed E-state index contributed by atoms with van der Waals surface area (Å²) in [6.45, 7) is 0. The first kappa shape index (κ1) is 13.3. The number of anilines is 2. The quantitative estimate of drug-likeness (QED) is 0.893. The largest absolute Gasteiger partial charge is 0.478 e. The van der Waals surface area contributed by atoms with E-state index in [0.717, 1.165) is 12.1 Å². The molecule has 0 fully saturated rings. The first-order valence-electron chi connectivity index (χ1n) is 5.23. The SMILES string of the molecule is O=C(O)c1cccc(F)c1Nc1ccc(Cl)cc1F. The second-order valence-electron chi connectivity index (χ2n) is 3.72. The number of para-hydroxylation sites is 1. The predicted octanol–water partition coefficient (Wildman–Crippen LogP) is 4.06. The van der Waals surface area contributed by atoms with Crippen LogP contribution >= 0.6 is 11.6 Å². The first-order chi connectivity index (χ1) is 8.99. The Kier molecular flexibility index (Phi) is 3.66. The number of benzene rings is 2. The normalized spacial score (nSPS) is 10.3. The fraction of sp³-hybridized carbons (Fsp3) is 0. The molecule has 0 aromatic heterocycles. The van der Waals surface area contributed by atoms with Crippen molar-refractivity contribution in [1.82, 2.24) is 0 Å². The Balaban J connectivity index is 2.46. The van der Waals surface area contributed by atoms with Crippen LogP contribution in [0.15, 0.2) is 36.4 Å². The second-order valence-corrected chi connectivity index (χ2v) is 4.15. The van der Waals surface area contributed by atoms with E-state index in [0.29, 0.717) is 0 Å². The maximum Gasteiger partial charge on any atom is 0.337 e. The number of halogens is 3. The van der Waals surface area contributed by atoms with Crippen molar-refractivity contribution in [3.63, 3.8) is 0 Å². The molecule has 2 rings (SSSR count). The Morgan fingerprint density at radius 1 is 1.16 bits per heavy atom. The molecule has 0 saturated heterocycles. The fourth-order valence-corrected chi connectivity index (χ4v) is 1.71. The van der Waals surface area contributed by atoms with Gasteiger partial charge in [-0.1, -0.05) is 17.7 Å². The van der Waals surface area contributed by atoms with Crippen LogP contribution in [0, 0.1) is 11.6 Å². The van der Waals surface area contributed by atoms with Crippen LogP contribution < -0.4 is 5.32 Å². The van der Waals surface area contributed by atoms with Crippen molar-refractivity contribution in [2.24, 2.45) is 0 Å². The van der Waals surface area contributed by atoms with E-state index in [2.05, 4.69) is 5.32 Å². The molecule has 0 aliphatic heterocycles. The highest BCUT2D eigenvalue weighted by molar-refractivity contribution is 6.30. The van der Waals surface area contributed by atoms with Crippen LogP contribution in [0.4, 0.5) is 20.2 Å². The van der Waals surface area contributed by atoms with Gasteiger partial charge in [-0.05, 0) is 30.3 Å². The van der Waals surface area contributed by atoms with Crippen molar-refractivity contribution >= 4 is 28.9 Å². The summed E-state index contributed by atoms with van der Waals surface area (Å²) in [4.78, 5) is 11.0. The number of aromatic carboxylic acids is 1. The lowest BCUT2D eigenvalue weighted by atomic mass is 10.1. The van der Waals surface area contributed by atoms with E-state index in [1.165, 1.54) is 24.3 Å². The number of rotatable bonds is 3. The Labute approximate surface area is 112 Å². The van der Waals surface area contributed by atoms with Crippen molar-refractivity contribution in [2.45, 2.75) is 0 Å². The third-order valence-corrected chi connectivity index (χ3v) is 2.67. The van der Waals surface area contributed by atoms with Crippen molar-refractivity contribution in [3.8, 4) is 0 Å². The summed E-state index contributed by atoms with van der Waals surface area (Å²) in [6, 6.07) is 7.33. The van der Waals surface area contributed by atoms with Gasteiger partial charge in [0.15, 0.2) is 0 Å². The topological polar surface area (TPSA) is 49.3 Å². The number of hydrogen-bond donors (Lipinski definition) is 2. The zero-order chi connectivity index (χ0) is 14.0. The number of nitrogens with one attached hydrogen (secondary N) is 1. The van der Waals surface area contributed by atoms with E-state index < -0.39 is 17.6 Å². The average molecular weight is 284 g/mol. The molecule has 0 aliphatic rings. The smallest absolute Gasteiger partial charge is 0.337 e. The highest BCUT2D eigenvalue weighted by atomic mass is 35.5. The van der Waals surface area contributed by atoms with Crippen molar-refractivity contribution < 1.29 is 18.7 Å². The average Bonchev–Trinajstić information content (AvgIpc) is 2.34. The number of hydrogen-bond acceptors (Lipinski definition) is 2. The lowest BCUT2D eigenvalue weighted by molar-refractivity contribution is 0.0697. The Morgan fingerprint density at radius 3 is 2.53 bits per heavy atom. The summed E-state index contributed by atoms with van der Waals surface area (Å²) in [5, 5.41) is 11.6. The summed E-state index contributed by atoms with van der Waals surface area (Å²) >= 11 is 5.60. The molecule has 0 saturated carbocycles. The van der Waals surface area contributed by atoms with E-state index in [9.17, 15) is 13.6 Å². The van der Waals surface area contributed by atoms with Gasteiger partial charge in [0.25, 0.3) is 0 Å². The molecule has 2 aromatic rings. The maximum atomic E-state index is 13.6. The van der Waals surface area contributed by atoms with Crippen LogP contribution in [0.25, 0.3) is 0 Å². The van der Waals surface area contributed by atoms with Crippen LogP contribution in [0.5, 0.6) is 0 Å². The lowest BCUT2D eigenvalue weighted by Gasteiger charge is -2.11. The third-order valence-electron chi connectivity index (χ3n) is 2.43. The predicted molar refractivity (Wildman–Crippen MR) is 68.1 cm³/mol. The molecule has 2 N–H and O–H groups in total. The highest BCUT2D eigenvalue weighted by Gasteiger charge is 2.15. The van der Waals surface area contributed by atoms with Gasteiger partial charge in [0, 0.05) is 5.02 Å². The van der Waals surface area contributed by atoms with Crippen molar-refractivity contribution in [3.05, 3.63) is 58.6 Å². The maximum absolute atomic E-state index is 13.6. The molecule has 98 valence electrons. The van der Waals surface area contributed by atoms with Crippen LogP contribution in [-0.2, 0) is 0 Å². The zero-order valence-electron chi connectivity index (χ0n) is 9.45. The van der Waals surface area contributed by atoms with E-state index in [1.54, 1.807) is 0 Å². The molecule has 0 amide bonds. The molecule has 0 atom stereocenters. The molecule has 0 bridgehead atoms. The van der Waals surface area contributed by atoms with Gasteiger partial charge < -0.3 is 10.4 Å². The van der Waals surface area contributed by atoms with E-state index in [4.69, 9.17) is 16.7 Å². The Hall–Kier alpha value is -2.14. The van der Waals surface area contributed by atoms with Gasteiger partial charge >= 0.3 is 5.97 Å². The van der Waals surface area contributed by atoms with Gasteiger partial charge in [-0.15, -0.1) is 0 Å². The molecule has 0 aliphatic carbocycles. The molecule has 0 spiro atoms. The summed E-state index contributed by atoms with van der Waals surface area (Å²) in [5.41, 5.74) is -0.637. The van der Waals surface area contributed by atoms with Gasteiger partial charge in [-0.25, -0.2) is 13.6 Å². The number of carboxylic acid groups (broad SMARTS) is 1. The van der Waals surface area contributed by atoms with Crippen LogP contribution in [0.2, 0.25) is 5.02 Å². The van der Waals surface area contributed by atoms with E-state index in [1.807, 2.05) is 0 Å². The fourth-order valence-electron chi connectivity index (χ4n) is 1.55. The van der Waals surface area contributed by atoms with Gasteiger partial charge in [-0.2, -0.15) is 0 Å². The van der Waals surface area contributed by atoms with Gasteiger partial charge in [0.2, 0.25) is 0 Å². The molecule has 0 radical (unpaired) electrons. The minimum absolute atomic E-state index is 0.0583. The minimum atomic E-state index is -1.31. The standard InChI is InChI=1S/C13H8ClF2NO2/c14-7-4-5-11(10(16)6-7)17-12-8(13(18)19)2-1-3-9(12)15/h1-6,17H,(H,18,19). The van der Waals surface area contributed by atoms with Gasteiger partial charge in [0.05, 0.1) is 16.9 Å². The Bertz CT molecular complexity index is 647. The molecule has 2 aromatic carbocycles. The monoisotopic (exact) mass is 283 g/mol. The summed E-state index contributed by atoms with van der Waals surface area (Å²) in [5.74, 6) is -2.79. The lowest BCUT2D eigenvalue weighted by Crippen LogP contribution is -2.05. The van der Waals surface area contributed by atoms with Crippen LogP contribution in [-0.4, -0.2) is 11.1 Å². The molecule has 19 heavy (non-hydrogen) atoms. The molecular formula is C13H8ClF2NO2. The number of carboxylic acids is 1. The van der Waals surface area contributed by atoms with Crippen LogP contribution in [0.3, 0.4) is 0 Å². The molecule has 0 unspecified atom stereocenters. The molecular weight excluding hydrogens is 276 g/mol. The number of carbonyl (C=O) groups is 1. The van der Waals surface area contributed by atoms with E-state index >= 15 is 0 Å².